The molecule has 4 aliphatic rings. The van der Waals surface area contributed by atoms with Crippen molar-refractivity contribution in [3.05, 3.63) is 12.2 Å². The molecule has 1 nitrogen and oxygen atoms in total. The van der Waals surface area contributed by atoms with Gasteiger partial charge >= 0.3 is 0 Å². The van der Waals surface area contributed by atoms with Crippen LogP contribution in [0.4, 0.5) is 0 Å². The minimum atomic E-state index is 0.0950. The van der Waals surface area contributed by atoms with Crippen molar-refractivity contribution in [2.45, 2.75) is 70.5 Å². The van der Waals surface area contributed by atoms with E-state index < -0.39 is 0 Å². The van der Waals surface area contributed by atoms with Crippen LogP contribution in [0.25, 0.3) is 0 Å². The van der Waals surface area contributed by atoms with Crippen molar-refractivity contribution in [2.75, 3.05) is 0 Å². The predicted octanol–water partition coefficient (Wildman–Crippen LogP) is 6.30. The van der Waals surface area contributed by atoms with Gasteiger partial charge in [0.05, 0.1) is 22.1 Å². The second kappa shape index (κ2) is 5.58. The molecule has 0 saturated carbocycles. The monoisotopic (exact) mass is 406 g/mol. The number of hydrogen-bond donors (Lipinski definition) is 0. The maximum Gasteiger partial charge on any atom is 0.215 e. The zero-order valence-corrected chi connectivity index (χ0v) is 19.0. The number of carbonyl (C=O) groups excluding carboxylic acids is 1. The zero-order valence-electron chi connectivity index (χ0n) is 14.9. The standard InChI is InChI=1S/C17H26OS5/c1-9(2)10(3)12(18)19-11-13-20-16(7)14(4,5)17(8,21-13)23-15(11,6)22-16/h9,11,13H,3H2,1-2,4-8H3. The first-order valence-corrected chi connectivity index (χ1v) is 12.3. The highest BCUT2D eigenvalue weighted by molar-refractivity contribution is 8.39. The van der Waals surface area contributed by atoms with Gasteiger partial charge in [-0.1, -0.05) is 46.0 Å². The fourth-order valence-corrected chi connectivity index (χ4v) is 17.0. The molecule has 0 amide bonds. The highest BCUT2D eigenvalue weighted by Crippen LogP contribution is 2.84. The average molecular weight is 407 g/mol. The van der Waals surface area contributed by atoms with Crippen molar-refractivity contribution in [1.82, 2.24) is 0 Å². The maximum atomic E-state index is 12.6. The lowest BCUT2D eigenvalue weighted by Gasteiger charge is -2.72. The Bertz CT molecular complexity index is 547. The van der Waals surface area contributed by atoms with E-state index in [4.69, 9.17) is 0 Å². The molecule has 0 radical (unpaired) electrons. The molecule has 4 heterocycles. The Morgan fingerprint density at radius 2 is 1.52 bits per heavy atom. The summed E-state index contributed by atoms with van der Waals surface area (Å²) >= 11 is 9.93. The van der Waals surface area contributed by atoms with Crippen LogP contribution in [0.2, 0.25) is 0 Å². The van der Waals surface area contributed by atoms with E-state index in [1.807, 2.05) is 0 Å². The molecule has 6 heteroatoms. The molecule has 4 aliphatic heterocycles. The first kappa shape index (κ1) is 18.9. The summed E-state index contributed by atoms with van der Waals surface area (Å²) in [4.78, 5) is 12.6. The average Bonchev–Trinajstić information content (AvgIpc) is 2.37. The first-order chi connectivity index (χ1) is 10.4. The summed E-state index contributed by atoms with van der Waals surface area (Å²) in [6.07, 6.45) is 0. The summed E-state index contributed by atoms with van der Waals surface area (Å²) in [6.45, 7) is 20.2. The summed E-state index contributed by atoms with van der Waals surface area (Å²) in [5.74, 6) is 0.231. The van der Waals surface area contributed by atoms with Gasteiger partial charge in [-0.25, -0.2) is 0 Å². The molecule has 0 N–H and O–H groups in total. The zero-order chi connectivity index (χ0) is 17.4. The molecule has 3 atom stereocenters. The molecular weight excluding hydrogens is 381 g/mol. The van der Waals surface area contributed by atoms with Crippen LogP contribution in [0.1, 0.15) is 48.5 Å². The lowest BCUT2D eigenvalue weighted by atomic mass is 9.84. The van der Waals surface area contributed by atoms with E-state index in [1.165, 1.54) is 0 Å². The van der Waals surface area contributed by atoms with E-state index in [2.05, 4.69) is 102 Å². The number of rotatable bonds is 3. The van der Waals surface area contributed by atoms with E-state index in [-0.39, 0.29) is 28.7 Å². The van der Waals surface area contributed by atoms with E-state index in [9.17, 15) is 4.79 Å². The highest BCUT2D eigenvalue weighted by Gasteiger charge is 2.73. The Hall–Kier alpha value is 1.16. The molecule has 0 aromatic rings. The Balaban J connectivity index is 1.89. The maximum absolute atomic E-state index is 12.6. The molecule has 4 rings (SSSR count). The van der Waals surface area contributed by atoms with Gasteiger partial charge < -0.3 is 0 Å². The molecule has 4 bridgehead atoms. The molecule has 3 unspecified atom stereocenters. The molecule has 4 saturated heterocycles. The number of thioether (sulfide) groups is 5. The van der Waals surface area contributed by atoms with Crippen molar-refractivity contribution in [1.29, 1.82) is 0 Å². The lowest BCUT2D eigenvalue weighted by Crippen LogP contribution is -2.67. The quantitative estimate of drug-likeness (QED) is 0.508. The van der Waals surface area contributed by atoms with Crippen LogP contribution in [0, 0.1) is 11.3 Å². The molecule has 23 heavy (non-hydrogen) atoms. The number of carbonyl (C=O) groups is 1. The molecular formula is C17H26OS5. The van der Waals surface area contributed by atoms with Gasteiger partial charge in [0.15, 0.2) is 0 Å². The van der Waals surface area contributed by atoms with Crippen LogP contribution >= 0.6 is 58.8 Å². The molecule has 0 aliphatic carbocycles. The van der Waals surface area contributed by atoms with Crippen LogP contribution in [-0.2, 0) is 4.79 Å². The van der Waals surface area contributed by atoms with Crippen molar-refractivity contribution in [3.8, 4) is 0 Å². The third-order valence-corrected chi connectivity index (χ3v) is 16.0. The molecule has 0 spiro atoms. The SMILES string of the molecule is C=C(C(=O)SC1C2SC3(C)SC1(C)SC(C)(S2)C3(C)C)C(C)C. The van der Waals surface area contributed by atoms with E-state index in [1.54, 1.807) is 11.8 Å². The minimum Gasteiger partial charge on any atom is -0.282 e. The summed E-state index contributed by atoms with van der Waals surface area (Å²) in [7, 11) is 0. The minimum absolute atomic E-state index is 0.0950. The summed E-state index contributed by atoms with van der Waals surface area (Å²) in [5, 5.41) is 0.531. The second-order valence-electron chi connectivity index (χ2n) is 7.85. The van der Waals surface area contributed by atoms with E-state index >= 15 is 0 Å². The first-order valence-electron chi connectivity index (χ1n) is 8.01. The topological polar surface area (TPSA) is 17.1 Å². The van der Waals surface area contributed by atoms with Gasteiger partial charge in [-0.15, -0.1) is 47.0 Å². The van der Waals surface area contributed by atoms with Crippen molar-refractivity contribution in [2.24, 2.45) is 11.3 Å². The molecule has 4 fully saturated rings. The Labute approximate surface area is 162 Å². The van der Waals surface area contributed by atoms with Gasteiger partial charge in [0.2, 0.25) is 5.12 Å². The predicted molar refractivity (Wildman–Crippen MR) is 114 cm³/mol. The second-order valence-corrected chi connectivity index (χ2v) is 16.9. The van der Waals surface area contributed by atoms with Gasteiger partial charge in [0, 0.05) is 11.0 Å². The summed E-state index contributed by atoms with van der Waals surface area (Å²) < 4.78 is 1.01. The third kappa shape index (κ3) is 2.60. The van der Waals surface area contributed by atoms with Gasteiger partial charge in [0.25, 0.3) is 0 Å². The van der Waals surface area contributed by atoms with Crippen LogP contribution < -0.4 is 0 Å². The summed E-state index contributed by atoms with van der Waals surface area (Å²) in [5.41, 5.74) is 1.01. The van der Waals surface area contributed by atoms with Gasteiger partial charge in [-0.2, -0.15) is 0 Å². The van der Waals surface area contributed by atoms with Crippen molar-refractivity contribution >= 4 is 63.9 Å². The Morgan fingerprint density at radius 1 is 1.04 bits per heavy atom. The Kier molecular flexibility index (Phi) is 4.59. The van der Waals surface area contributed by atoms with E-state index in [0.29, 0.717) is 9.83 Å². The summed E-state index contributed by atoms with van der Waals surface area (Å²) in [6, 6.07) is 0. The van der Waals surface area contributed by atoms with Crippen LogP contribution in [0.5, 0.6) is 0 Å². The van der Waals surface area contributed by atoms with Gasteiger partial charge in [-0.3, -0.25) is 4.79 Å². The van der Waals surface area contributed by atoms with E-state index in [0.717, 1.165) is 5.57 Å². The van der Waals surface area contributed by atoms with Gasteiger partial charge in [-0.05, 0) is 26.7 Å². The Morgan fingerprint density at radius 3 is 1.91 bits per heavy atom. The van der Waals surface area contributed by atoms with Gasteiger partial charge in [0.1, 0.15) is 0 Å². The normalized spacial score (nSPS) is 47.1. The van der Waals surface area contributed by atoms with Crippen LogP contribution in [0.15, 0.2) is 12.2 Å². The highest BCUT2D eigenvalue weighted by atomic mass is 32.3. The fraction of sp³-hybridized carbons (Fsp3) is 0.824. The third-order valence-electron chi connectivity index (χ3n) is 5.70. The largest absolute Gasteiger partial charge is 0.282 e. The molecule has 130 valence electrons. The smallest absolute Gasteiger partial charge is 0.215 e. The number of hydrogen-bond acceptors (Lipinski definition) is 6. The van der Waals surface area contributed by atoms with Crippen LogP contribution in [0.3, 0.4) is 0 Å². The van der Waals surface area contributed by atoms with Crippen molar-refractivity contribution < 1.29 is 4.79 Å². The molecule has 0 aromatic heterocycles. The van der Waals surface area contributed by atoms with Crippen LogP contribution in [-0.4, -0.2) is 27.2 Å². The molecule has 0 aromatic carbocycles. The lowest BCUT2D eigenvalue weighted by molar-refractivity contribution is -0.108. The fourth-order valence-electron chi connectivity index (χ4n) is 3.35. The van der Waals surface area contributed by atoms with Crippen molar-refractivity contribution in [3.63, 3.8) is 0 Å².